The maximum Gasteiger partial charge on any atom is 0.311 e. The van der Waals surface area contributed by atoms with Gasteiger partial charge in [-0.2, -0.15) is 0 Å². The lowest BCUT2D eigenvalue weighted by atomic mass is 9.87. The Bertz CT molecular complexity index is 714. The van der Waals surface area contributed by atoms with Crippen LogP contribution >= 0.6 is 0 Å². The zero-order chi connectivity index (χ0) is 17.1. The third-order valence-corrected chi connectivity index (χ3v) is 4.11. The number of carbonyl (C=O) groups is 1. The largest absolute Gasteiger partial charge is 0.496 e. The van der Waals surface area contributed by atoms with Crippen molar-refractivity contribution in [1.29, 1.82) is 0 Å². The van der Waals surface area contributed by atoms with E-state index in [9.17, 15) is 14.3 Å². The highest BCUT2D eigenvalue weighted by molar-refractivity contribution is 5.78. The number of benzene rings is 2. The summed E-state index contributed by atoms with van der Waals surface area (Å²) in [4.78, 5) is 11.8. The normalized spacial score (nSPS) is 12.0. The van der Waals surface area contributed by atoms with Gasteiger partial charge < -0.3 is 9.84 Å². The summed E-state index contributed by atoms with van der Waals surface area (Å²) in [5.41, 5.74) is 4.57. The highest BCUT2D eigenvalue weighted by Crippen LogP contribution is 2.32. The second kappa shape index (κ2) is 6.82. The Labute approximate surface area is 135 Å². The lowest BCUT2D eigenvalue weighted by Gasteiger charge is -2.19. The number of ether oxygens (including phenoxy) is 1. The van der Waals surface area contributed by atoms with Crippen molar-refractivity contribution >= 4 is 5.97 Å². The summed E-state index contributed by atoms with van der Waals surface area (Å²) < 4.78 is 18.8. The molecule has 122 valence electrons. The van der Waals surface area contributed by atoms with Gasteiger partial charge in [0.15, 0.2) is 0 Å². The number of hydrogen-bond donors (Lipinski definition) is 1. The fourth-order valence-electron chi connectivity index (χ4n) is 3.04. The van der Waals surface area contributed by atoms with E-state index in [1.165, 1.54) is 25.3 Å². The standard InChI is InChI=1S/C19H21FO3/c1-11-7-12(2)15(13(3)8-11)10-17(19(21)22)16-9-14(20)5-6-18(16)23-4/h5-9,17H,10H2,1-4H3,(H,21,22). The van der Waals surface area contributed by atoms with E-state index in [-0.39, 0.29) is 0 Å². The summed E-state index contributed by atoms with van der Waals surface area (Å²) >= 11 is 0. The smallest absolute Gasteiger partial charge is 0.311 e. The molecular weight excluding hydrogens is 295 g/mol. The van der Waals surface area contributed by atoms with Crippen LogP contribution in [-0.2, 0) is 11.2 Å². The van der Waals surface area contributed by atoms with Crippen molar-refractivity contribution in [3.8, 4) is 5.75 Å². The Balaban J connectivity index is 2.49. The zero-order valence-electron chi connectivity index (χ0n) is 13.8. The van der Waals surface area contributed by atoms with E-state index >= 15 is 0 Å². The van der Waals surface area contributed by atoms with Gasteiger partial charge in [0.1, 0.15) is 11.6 Å². The molecule has 1 unspecified atom stereocenters. The third kappa shape index (κ3) is 3.70. The van der Waals surface area contributed by atoms with Crippen molar-refractivity contribution in [2.75, 3.05) is 7.11 Å². The maximum absolute atomic E-state index is 13.6. The number of carboxylic acid groups (broad SMARTS) is 1. The van der Waals surface area contributed by atoms with E-state index in [2.05, 4.69) is 0 Å². The minimum atomic E-state index is -0.992. The van der Waals surface area contributed by atoms with Crippen LogP contribution < -0.4 is 4.74 Å². The van der Waals surface area contributed by atoms with Crippen molar-refractivity contribution in [3.05, 3.63) is 64.0 Å². The Morgan fingerprint density at radius 1 is 1.17 bits per heavy atom. The average molecular weight is 316 g/mol. The molecule has 0 aromatic heterocycles. The second-order valence-electron chi connectivity index (χ2n) is 5.86. The third-order valence-electron chi connectivity index (χ3n) is 4.11. The minimum Gasteiger partial charge on any atom is -0.496 e. The number of hydrogen-bond acceptors (Lipinski definition) is 2. The summed E-state index contributed by atoms with van der Waals surface area (Å²) in [5, 5.41) is 9.66. The number of halogens is 1. The molecular formula is C19H21FO3. The van der Waals surface area contributed by atoms with Gasteiger partial charge in [0.2, 0.25) is 0 Å². The van der Waals surface area contributed by atoms with E-state index in [0.717, 1.165) is 22.3 Å². The van der Waals surface area contributed by atoms with Crippen molar-refractivity contribution in [3.63, 3.8) is 0 Å². The van der Waals surface area contributed by atoms with Gasteiger partial charge in [0.25, 0.3) is 0 Å². The van der Waals surface area contributed by atoms with Crippen LogP contribution in [0.1, 0.15) is 33.7 Å². The molecule has 0 amide bonds. The number of aryl methyl sites for hydroxylation is 3. The van der Waals surface area contributed by atoms with Crippen LogP contribution in [0, 0.1) is 26.6 Å². The molecule has 0 saturated heterocycles. The quantitative estimate of drug-likeness (QED) is 0.900. The Hall–Kier alpha value is -2.36. The van der Waals surface area contributed by atoms with Gasteiger partial charge in [-0.15, -0.1) is 0 Å². The van der Waals surface area contributed by atoms with Crippen LogP contribution in [0.4, 0.5) is 4.39 Å². The number of aliphatic carboxylic acids is 1. The highest BCUT2D eigenvalue weighted by Gasteiger charge is 2.25. The maximum atomic E-state index is 13.6. The van der Waals surface area contributed by atoms with Crippen molar-refractivity contribution in [2.24, 2.45) is 0 Å². The van der Waals surface area contributed by atoms with E-state index in [1.807, 2.05) is 32.9 Å². The van der Waals surface area contributed by atoms with Gasteiger partial charge in [-0.05, 0) is 62.1 Å². The highest BCUT2D eigenvalue weighted by atomic mass is 19.1. The first-order chi connectivity index (χ1) is 10.8. The van der Waals surface area contributed by atoms with Crippen molar-refractivity contribution in [1.82, 2.24) is 0 Å². The van der Waals surface area contributed by atoms with Crippen LogP contribution in [0.15, 0.2) is 30.3 Å². The molecule has 0 aliphatic rings. The summed E-state index contributed by atoms with van der Waals surface area (Å²) in [6.45, 7) is 5.95. The molecule has 2 aromatic carbocycles. The second-order valence-corrected chi connectivity index (χ2v) is 5.86. The van der Waals surface area contributed by atoms with Gasteiger partial charge in [-0.1, -0.05) is 17.7 Å². The van der Waals surface area contributed by atoms with Crippen molar-refractivity contribution < 1.29 is 19.0 Å². The molecule has 1 atom stereocenters. The topological polar surface area (TPSA) is 46.5 Å². The molecule has 23 heavy (non-hydrogen) atoms. The first-order valence-corrected chi connectivity index (χ1v) is 7.46. The minimum absolute atomic E-state index is 0.299. The molecule has 0 radical (unpaired) electrons. The summed E-state index contributed by atoms with van der Waals surface area (Å²) in [7, 11) is 1.46. The van der Waals surface area contributed by atoms with Gasteiger partial charge in [-0.3, -0.25) is 4.79 Å². The van der Waals surface area contributed by atoms with Gasteiger partial charge in [0, 0.05) is 5.56 Å². The van der Waals surface area contributed by atoms with Crippen LogP contribution in [0.3, 0.4) is 0 Å². The number of rotatable bonds is 5. The SMILES string of the molecule is COc1ccc(F)cc1C(Cc1c(C)cc(C)cc1C)C(=O)O. The zero-order valence-corrected chi connectivity index (χ0v) is 13.8. The summed E-state index contributed by atoms with van der Waals surface area (Å²) in [5.74, 6) is -1.93. The summed E-state index contributed by atoms with van der Waals surface area (Å²) in [6, 6.07) is 8.05. The average Bonchev–Trinajstić information content (AvgIpc) is 2.46. The molecule has 2 aromatic rings. The molecule has 3 nitrogen and oxygen atoms in total. The van der Waals surface area contributed by atoms with Gasteiger partial charge >= 0.3 is 5.97 Å². The van der Waals surface area contributed by atoms with Crippen LogP contribution in [0.25, 0.3) is 0 Å². The molecule has 0 aliphatic heterocycles. The molecule has 2 rings (SSSR count). The molecule has 0 saturated carbocycles. The molecule has 0 aliphatic carbocycles. The molecule has 0 fully saturated rings. The van der Waals surface area contributed by atoms with Crippen molar-refractivity contribution in [2.45, 2.75) is 33.1 Å². The molecule has 0 bridgehead atoms. The van der Waals surface area contributed by atoms with E-state index in [1.54, 1.807) is 0 Å². The monoisotopic (exact) mass is 316 g/mol. The first kappa shape index (κ1) is 17.0. The van der Waals surface area contributed by atoms with E-state index in [0.29, 0.717) is 17.7 Å². The van der Waals surface area contributed by atoms with E-state index in [4.69, 9.17) is 4.74 Å². The molecule has 0 spiro atoms. The molecule has 4 heteroatoms. The van der Waals surface area contributed by atoms with E-state index < -0.39 is 17.7 Å². The Morgan fingerprint density at radius 3 is 2.30 bits per heavy atom. The molecule has 1 N–H and O–H groups in total. The van der Waals surface area contributed by atoms with Crippen LogP contribution in [-0.4, -0.2) is 18.2 Å². The fourth-order valence-corrected chi connectivity index (χ4v) is 3.04. The lowest BCUT2D eigenvalue weighted by molar-refractivity contribution is -0.138. The fraction of sp³-hybridized carbons (Fsp3) is 0.316. The van der Waals surface area contributed by atoms with Crippen LogP contribution in [0.5, 0.6) is 5.75 Å². The van der Waals surface area contributed by atoms with Crippen LogP contribution in [0.2, 0.25) is 0 Å². The predicted molar refractivity (Wildman–Crippen MR) is 87.7 cm³/mol. The number of carboxylic acids is 1. The number of methoxy groups -OCH3 is 1. The predicted octanol–water partition coefficient (Wildman–Crippen LogP) is 4.17. The Kier molecular flexibility index (Phi) is 5.04. The lowest BCUT2D eigenvalue weighted by Crippen LogP contribution is -2.17. The Morgan fingerprint density at radius 2 is 1.78 bits per heavy atom. The summed E-state index contributed by atoms with van der Waals surface area (Å²) in [6.07, 6.45) is 0.299. The van der Waals surface area contributed by atoms with Gasteiger partial charge in [-0.25, -0.2) is 4.39 Å². The van der Waals surface area contributed by atoms with Gasteiger partial charge in [0.05, 0.1) is 13.0 Å². The first-order valence-electron chi connectivity index (χ1n) is 7.46. The molecule has 0 heterocycles.